The highest BCUT2D eigenvalue weighted by atomic mass is 127. The summed E-state index contributed by atoms with van der Waals surface area (Å²) in [5.74, 6) is 2.61. The van der Waals surface area contributed by atoms with Gasteiger partial charge >= 0.3 is 0 Å². The van der Waals surface area contributed by atoms with Crippen LogP contribution in [-0.4, -0.2) is 31.7 Å². The van der Waals surface area contributed by atoms with E-state index in [0.29, 0.717) is 19.1 Å². The van der Waals surface area contributed by atoms with Crippen LogP contribution in [0.5, 0.6) is 0 Å². The molecule has 0 atom stereocenters. The third-order valence-corrected chi connectivity index (χ3v) is 4.42. The van der Waals surface area contributed by atoms with Gasteiger partial charge in [-0.15, -0.1) is 34.2 Å². The maximum absolute atomic E-state index is 4.68. The normalized spacial score (nSPS) is 15.0. The number of aromatic nitrogens is 4. The third kappa shape index (κ3) is 5.65. The van der Waals surface area contributed by atoms with Gasteiger partial charge in [0.05, 0.1) is 18.8 Å². The van der Waals surface area contributed by atoms with Gasteiger partial charge in [-0.05, 0) is 31.9 Å². The van der Waals surface area contributed by atoms with Gasteiger partial charge in [-0.25, -0.2) is 4.99 Å². The van der Waals surface area contributed by atoms with Crippen molar-refractivity contribution in [1.82, 2.24) is 30.4 Å². The molecule has 0 amide bonds. The topological polar surface area (TPSA) is 80.0 Å². The van der Waals surface area contributed by atoms with Crippen molar-refractivity contribution in [3.05, 3.63) is 41.7 Å². The smallest absolute Gasteiger partial charge is 0.192 e. The lowest BCUT2D eigenvalue weighted by molar-refractivity contribution is 0.606. The van der Waals surface area contributed by atoms with Crippen LogP contribution in [0.4, 0.5) is 0 Å². The summed E-state index contributed by atoms with van der Waals surface area (Å²) in [7, 11) is 1.97. The number of nitrogens with zero attached hydrogens (tertiary/aromatic N) is 5. The van der Waals surface area contributed by atoms with Gasteiger partial charge in [-0.3, -0.25) is 4.98 Å². The first kappa shape index (κ1) is 19.6. The minimum absolute atomic E-state index is 0. The van der Waals surface area contributed by atoms with E-state index in [0.717, 1.165) is 23.3 Å². The van der Waals surface area contributed by atoms with Crippen LogP contribution < -0.4 is 10.6 Å². The molecule has 1 aliphatic carbocycles. The summed E-state index contributed by atoms with van der Waals surface area (Å²) >= 11 is 0. The van der Waals surface area contributed by atoms with Crippen molar-refractivity contribution >= 4 is 29.9 Å². The van der Waals surface area contributed by atoms with E-state index in [4.69, 9.17) is 0 Å². The van der Waals surface area contributed by atoms with Crippen molar-refractivity contribution in [2.24, 2.45) is 12.0 Å². The zero-order valence-electron chi connectivity index (χ0n) is 14.8. The predicted octanol–water partition coefficient (Wildman–Crippen LogP) is 2.31. The number of aliphatic imine (C=N–C) groups is 1. The summed E-state index contributed by atoms with van der Waals surface area (Å²) in [5, 5.41) is 15.2. The lowest BCUT2D eigenvalue weighted by Crippen LogP contribution is -2.42. The fourth-order valence-corrected chi connectivity index (χ4v) is 2.84. The van der Waals surface area contributed by atoms with E-state index in [1.165, 1.54) is 25.7 Å². The molecule has 8 heteroatoms. The van der Waals surface area contributed by atoms with Crippen LogP contribution in [0, 0.1) is 6.92 Å². The van der Waals surface area contributed by atoms with Crippen LogP contribution in [0.3, 0.4) is 0 Å². The number of guanidine groups is 1. The molecule has 2 aromatic rings. The van der Waals surface area contributed by atoms with Crippen LogP contribution in [0.15, 0.2) is 29.4 Å². The van der Waals surface area contributed by atoms with Crippen molar-refractivity contribution in [3.63, 3.8) is 0 Å². The average molecular weight is 455 g/mol. The summed E-state index contributed by atoms with van der Waals surface area (Å²) in [4.78, 5) is 9.01. The molecule has 2 N–H and O–H groups in total. The summed E-state index contributed by atoms with van der Waals surface area (Å²) in [6.45, 7) is 3.10. The van der Waals surface area contributed by atoms with E-state index in [9.17, 15) is 0 Å². The van der Waals surface area contributed by atoms with Crippen molar-refractivity contribution in [2.75, 3.05) is 0 Å². The summed E-state index contributed by atoms with van der Waals surface area (Å²) < 4.78 is 1.99. The zero-order valence-corrected chi connectivity index (χ0v) is 17.1. The summed E-state index contributed by atoms with van der Waals surface area (Å²) in [6.07, 6.45) is 6.77. The summed E-state index contributed by atoms with van der Waals surface area (Å²) in [6, 6.07) is 6.39. The molecule has 0 saturated heterocycles. The third-order valence-electron chi connectivity index (χ3n) is 4.42. The molecular weight excluding hydrogens is 429 g/mol. The van der Waals surface area contributed by atoms with E-state index < -0.39 is 0 Å². The summed E-state index contributed by atoms with van der Waals surface area (Å²) in [5.41, 5.74) is 0.958. The Morgan fingerprint density at radius 2 is 2.08 bits per heavy atom. The van der Waals surface area contributed by atoms with Crippen molar-refractivity contribution in [1.29, 1.82) is 0 Å². The Bertz CT molecular complexity index is 678. The molecule has 7 nitrogen and oxygen atoms in total. The molecule has 1 saturated carbocycles. The first-order valence-corrected chi connectivity index (χ1v) is 8.52. The Balaban J connectivity index is 0.00000225. The highest BCUT2D eigenvalue weighted by Gasteiger charge is 2.16. The maximum Gasteiger partial charge on any atom is 0.192 e. The van der Waals surface area contributed by atoms with Crippen LogP contribution in [0.1, 0.15) is 43.0 Å². The Labute approximate surface area is 165 Å². The molecule has 3 rings (SSSR count). The van der Waals surface area contributed by atoms with Crippen LogP contribution in [0.2, 0.25) is 0 Å². The van der Waals surface area contributed by atoms with Gasteiger partial charge in [0.2, 0.25) is 0 Å². The van der Waals surface area contributed by atoms with Crippen molar-refractivity contribution in [2.45, 2.75) is 51.7 Å². The first-order valence-electron chi connectivity index (χ1n) is 8.52. The van der Waals surface area contributed by atoms with E-state index in [1.54, 1.807) is 6.20 Å². The van der Waals surface area contributed by atoms with Gasteiger partial charge in [0.1, 0.15) is 5.82 Å². The molecule has 1 aliphatic rings. The zero-order chi connectivity index (χ0) is 16.8. The van der Waals surface area contributed by atoms with Gasteiger partial charge in [-0.1, -0.05) is 18.9 Å². The number of pyridine rings is 1. The van der Waals surface area contributed by atoms with Crippen LogP contribution in [0.25, 0.3) is 0 Å². The molecule has 0 spiro atoms. The lowest BCUT2D eigenvalue weighted by atomic mass is 10.2. The molecule has 0 radical (unpaired) electrons. The van der Waals surface area contributed by atoms with Crippen LogP contribution in [-0.2, 0) is 20.1 Å². The molecule has 0 aromatic carbocycles. The quantitative estimate of drug-likeness (QED) is 0.411. The fourth-order valence-electron chi connectivity index (χ4n) is 2.84. The Kier molecular flexibility index (Phi) is 7.60. The highest BCUT2D eigenvalue weighted by molar-refractivity contribution is 14.0. The standard InChI is InChI=1S/C17H25N7.HI/c1-13-22-23-16(24(13)2)12-20-17(21-14-7-3-4-8-14)19-11-15-9-5-6-10-18-15;/h5-6,9-10,14H,3-4,7-8,11-12H2,1-2H3,(H2,19,20,21);1H. The molecule has 2 aromatic heterocycles. The number of rotatable bonds is 5. The number of halogens is 1. The largest absolute Gasteiger partial charge is 0.354 e. The molecule has 136 valence electrons. The number of hydrogen-bond donors (Lipinski definition) is 2. The van der Waals surface area contributed by atoms with E-state index in [2.05, 4.69) is 30.8 Å². The van der Waals surface area contributed by atoms with Gasteiger partial charge in [0, 0.05) is 19.3 Å². The Morgan fingerprint density at radius 3 is 2.72 bits per heavy atom. The average Bonchev–Trinajstić information content (AvgIpc) is 3.22. The minimum Gasteiger partial charge on any atom is -0.354 e. The molecule has 25 heavy (non-hydrogen) atoms. The molecular formula is C17H26IN7. The van der Waals surface area contributed by atoms with Gasteiger partial charge < -0.3 is 15.2 Å². The molecule has 0 bridgehead atoms. The molecule has 0 unspecified atom stereocenters. The van der Waals surface area contributed by atoms with Crippen molar-refractivity contribution < 1.29 is 0 Å². The minimum atomic E-state index is 0. The highest BCUT2D eigenvalue weighted by Crippen LogP contribution is 2.17. The van der Waals surface area contributed by atoms with E-state index in [1.807, 2.05) is 36.7 Å². The molecule has 1 fully saturated rings. The monoisotopic (exact) mass is 455 g/mol. The van der Waals surface area contributed by atoms with E-state index >= 15 is 0 Å². The van der Waals surface area contributed by atoms with E-state index in [-0.39, 0.29) is 24.0 Å². The number of nitrogens with one attached hydrogen (secondary N) is 2. The second-order valence-corrected chi connectivity index (χ2v) is 6.19. The Hall–Kier alpha value is -1.71. The second-order valence-electron chi connectivity index (χ2n) is 6.19. The van der Waals surface area contributed by atoms with Crippen molar-refractivity contribution in [3.8, 4) is 0 Å². The van der Waals surface area contributed by atoms with Gasteiger partial charge in [0.25, 0.3) is 0 Å². The lowest BCUT2D eigenvalue weighted by Gasteiger charge is -2.17. The number of aryl methyl sites for hydroxylation is 1. The SMILES string of the molecule is Cc1nnc(CNC(=NCc2ccccn2)NC2CCCC2)n1C.I. The van der Waals surface area contributed by atoms with Gasteiger partial charge in [-0.2, -0.15) is 0 Å². The predicted molar refractivity (Wildman–Crippen MR) is 109 cm³/mol. The molecule has 2 heterocycles. The fraction of sp³-hybridized carbons (Fsp3) is 0.529. The second kappa shape index (κ2) is 9.69. The number of hydrogen-bond acceptors (Lipinski definition) is 4. The maximum atomic E-state index is 4.68. The van der Waals surface area contributed by atoms with Crippen LogP contribution >= 0.6 is 24.0 Å². The Morgan fingerprint density at radius 1 is 1.28 bits per heavy atom. The molecule has 0 aliphatic heterocycles. The van der Waals surface area contributed by atoms with Gasteiger partial charge in [0.15, 0.2) is 11.8 Å². The first-order chi connectivity index (χ1) is 11.7.